The van der Waals surface area contributed by atoms with Crippen LogP contribution in [0.3, 0.4) is 0 Å². The van der Waals surface area contributed by atoms with Gasteiger partial charge in [-0.15, -0.1) is 0 Å². The summed E-state index contributed by atoms with van der Waals surface area (Å²) in [7, 11) is 0. The van der Waals surface area contributed by atoms with Crippen molar-refractivity contribution in [1.82, 2.24) is 9.78 Å². The first-order valence-corrected chi connectivity index (χ1v) is 7.93. The quantitative estimate of drug-likeness (QED) is 0.745. The molecule has 1 aromatic rings. The first-order valence-electron chi connectivity index (χ1n) is 6.54. The van der Waals surface area contributed by atoms with E-state index in [9.17, 15) is 0 Å². The largest absolute Gasteiger partial charge is 0.376 e. The molecule has 1 atom stereocenters. The van der Waals surface area contributed by atoms with E-state index < -0.39 is 0 Å². The van der Waals surface area contributed by atoms with Crippen LogP contribution in [0.2, 0.25) is 0 Å². The van der Waals surface area contributed by atoms with E-state index in [1.807, 2.05) is 11.6 Å². The lowest BCUT2D eigenvalue weighted by Gasteiger charge is -2.22. The van der Waals surface area contributed by atoms with Crippen molar-refractivity contribution in [2.45, 2.75) is 39.0 Å². The molecule has 102 valence electrons. The Balaban J connectivity index is 1.89. The average Bonchev–Trinajstić information content (AvgIpc) is 2.77. The molecular formula is C13H22N2O2S. The molecule has 1 aliphatic heterocycles. The summed E-state index contributed by atoms with van der Waals surface area (Å²) in [5.74, 6) is 1.04. The second kappa shape index (κ2) is 7.16. The van der Waals surface area contributed by atoms with E-state index in [1.165, 1.54) is 18.4 Å². The maximum atomic E-state index is 5.73. The molecule has 0 aliphatic carbocycles. The number of rotatable bonds is 6. The minimum Gasteiger partial charge on any atom is -0.376 e. The van der Waals surface area contributed by atoms with Crippen molar-refractivity contribution in [2.24, 2.45) is 0 Å². The number of ether oxygens (including phenoxy) is 2. The van der Waals surface area contributed by atoms with Gasteiger partial charge >= 0.3 is 0 Å². The zero-order valence-electron chi connectivity index (χ0n) is 11.2. The molecule has 0 N–H and O–H groups in total. The van der Waals surface area contributed by atoms with E-state index in [-0.39, 0.29) is 6.23 Å². The molecule has 18 heavy (non-hydrogen) atoms. The topological polar surface area (TPSA) is 36.3 Å². The molecule has 1 unspecified atom stereocenters. The summed E-state index contributed by atoms with van der Waals surface area (Å²) < 4.78 is 13.3. The van der Waals surface area contributed by atoms with Gasteiger partial charge in [0, 0.05) is 24.1 Å². The minimum atomic E-state index is 0.123. The van der Waals surface area contributed by atoms with Crippen molar-refractivity contribution in [3.05, 3.63) is 17.5 Å². The fraction of sp³-hybridized carbons (Fsp3) is 0.769. The molecule has 0 bridgehead atoms. The zero-order chi connectivity index (χ0) is 12.8. The first-order chi connectivity index (χ1) is 8.81. The maximum Gasteiger partial charge on any atom is 0.150 e. The van der Waals surface area contributed by atoms with E-state index in [0.717, 1.165) is 31.1 Å². The highest BCUT2D eigenvalue weighted by molar-refractivity contribution is 7.98. The molecule has 0 radical (unpaired) electrons. The number of aromatic nitrogens is 2. The lowest BCUT2D eigenvalue weighted by Crippen LogP contribution is -2.18. The summed E-state index contributed by atoms with van der Waals surface area (Å²) in [6, 6.07) is 0. The molecule has 0 amide bonds. The van der Waals surface area contributed by atoms with Crippen molar-refractivity contribution in [1.29, 1.82) is 0 Å². The van der Waals surface area contributed by atoms with Crippen molar-refractivity contribution in [3.63, 3.8) is 0 Å². The summed E-state index contributed by atoms with van der Waals surface area (Å²) in [5.41, 5.74) is 2.22. The highest BCUT2D eigenvalue weighted by Crippen LogP contribution is 2.23. The van der Waals surface area contributed by atoms with E-state index in [2.05, 4.69) is 17.6 Å². The summed E-state index contributed by atoms with van der Waals surface area (Å²) in [4.78, 5) is 0. The predicted octanol–water partition coefficient (Wildman–Crippen LogP) is 2.77. The van der Waals surface area contributed by atoms with Crippen LogP contribution >= 0.6 is 11.8 Å². The zero-order valence-corrected chi connectivity index (χ0v) is 12.0. The third-order valence-corrected chi connectivity index (χ3v) is 3.73. The fourth-order valence-electron chi connectivity index (χ4n) is 2.07. The molecule has 1 aromatic heterocycles. The number of hydrogen-bond donors (Lipinski definition) is 0. The van der Waals surface area contributed by atoms with Crippen LogP contribution in [0.25, 0.3) is 0 Å². The molecule has 2 rings (SSSR count). The van der Waals surface area contributed by atoms with Gasteiger partial charge in [0.1, 0.15) is 6.23 Å². The van der Waals surface area contributed by atoms with E-state index in [0.29, 0.717) is 6.61 Å². The molecular weight excluding hydrogens is 248 g/mol. The highest BCUT2D eigenvalue weighted by Gasteiger charge is 2.17. The van der Waals surface area contributed by atoms with Crippen molar-refractivity contribution < 1.29 is 9.47 Å². The van der Waals surface area contributed by atoms with Crippen LogP contribution in [0.5, 0.6) is 0 Å². The summed E-state index contributed by atoms with van der Waals surface area (Å²) >= 11 is 1.80. The Morgan fingerprint density at radius 2 is 2.44 bits per heavy atom. The van der Waals surface area contributed by atoms with Crippen molar-refractivity contribution in [2.75, 3.05) is 25.2 Å². The summed E-state index contributed by atoms with van der Waals surface area (Å²) in [5, 5.41) is 4.54. The van der Waals surface area contributed by atoms with Gasteiger partial charge in [0.05, 0.1) is 18.9 Å². The Kier molecular flexibility index (Phi) is 5.53. The fourth-order valence-corrected chi connectivity index (χ4v) is 2.35. The van der Waals surface area contributed by atoms with Gasteiger partial charge in [0.25, 0.3) is 0 Å². The van der Waals surface area contributed by atoms with Gasteiger partial charge in [-0.25, -0.2) is 4.68 Å². The monoisotopic (exact) mass is 270 g/mol. The summed E-state index contributed by atoms with van der Waals surface area (Å²) in [6.07, 6.45) is 7.74. The first kappa shape index (κ1) is 13.9. The molecule has 5 heteroatoms. The highest BCUT2D eigenvalue weighted by atomic mass is 32.2. The van der Waals surface area contributed by atoms with Crippen LogP contribution in [-0.2, 0) is 16.1 Å². The molecule has 0 aromatic carbocycles. The van der Waals surface area contributed by atoms with Crippen LogP contribution in [0, 0.1) is 6.92 Å². The predicted molar refractivity (Wildman–Crippen MR) is 73.8 cm³/mol. The summed E-state index contributed by atoms with van der Waals surface area (Å²) in [6.45, 7) is 4.33. The normalized spacial score (nSPS) is 20.2. The third kappa shape index (κ3) is 3.73. The lowest BCUT2D eigenvalue weighted by atomic mass is 10.2. The number of thioether (sulfide) groups is 1. The van der Waals surface area contributed by atoms with Crippen LogP contribution in [0.4, 0.5) is 0 Å². The van der Waals surface area contributed by atoms with Gasteiger partial charge in [0.15, 0.2) is 0 Å². The van der Waals surface area contributed by atoms with Crippen molar-refractivity contribution in [3.8, 4) is 0 Å². The van der Waals surface area contributed by atoms with Gasteiger partial charge in [-0.05, 0) is 32.4 Å². The Bertz CT molecular complexity index is 362. The van der Waals surface area contributed by atoms with Crippen LogP contribution in [-0.4, -0.2) is 35.0 Å². The Labute approximate surface area is 113 Å². The molecule has 2 heterocycles. The Morgan fingerprint density at radius 3 is 3.17 bits per heavy atom. The lowest BCUT2D eigenvalue weighted by molar-refractivity contribution is -0.0397. The second-order valence-electron chi connectivity index (χ2n) is 4.59. The maximum absolute atomic E-state index is 5.73. The number of nitrogens with zero attached hydrogens (tertiary/aromatic N) is 2. The Morgan fingerprint density at radius 1 is 1.56 bits per heavy atom. The second-order valence-corrected chi connectivity index (χ2v) is 5.57. The molecule has 0 saturated carbocycles. The molecule has 1 fully saturated rings. The van der Waals surface area contributed by atoms with Gasteiger partial charge in [-0.2, -0.15) is 16.9 Å². The van der Waals surface area contributed by atoms with Crippen LogP contribution in [0.1, 0.15) is 36.7 Å². The number of aryl methyl sites for hydroxylation is 1. The third-order valence-electron chi connectivity index (χ3n) is 3.16. The van der Waals surface area contributed by atoms with Gasteiger partial charge < -0.3 is 9.47 Å². The molecule has 1 saturated heterocycles. The van der Waals surface area contributed by atoms with E-state index >= 15 is 0 Å². The number of hydrogen-bond acceptors (Lipinski definition) is 4. The SMILES string of the molecule is CSCCOCc1cn(C2CCCCO2)nc1C. The van der Waals surface area contributed by atoms with Gasteiger partial charge in [-0.3, -0.25) is 0 Å². The standard InChI is InChI=1S/C13H22N2O2S/c1-11-12(10-16-7-8-18-2)9-15(14-11)13-5-3-4-6-17-13/h9,13H,3-8,10H2,1-2H3. The van der Waals surface area contributed by atoms with E-state index in [4.69, 9.17) is 9.47 Å². The van der Waals surface area contributed by atoms with E-state index in [1.54, 1.807) is 11.8 Å². The van der Waals surface area contributed by atoms with Crippen LogP contribution in [0.15, 0.2) is 6.20 Å². The van der Waals surface area contributed by atoms with Gasteiger partial charge in [0.2, 0.25) is 0 Å². The molecule has 4 nitrogen and oxygen atoms in total. The Hall–Kier alpha value is -0.520. The minimum absolute atomic E-state index is 0.123. The van der Waals surface area contributed by atoms with Gasteiger partial charge in [-0.1, -0.05) is 0 Å². The average molecular weight is 270 g/mol. The molecule has 0 spiro atoms. The van der Waals surface area contributed by atoms with Crippen molar-refractivity contribution >= 4 is 11.8 Å². The molecule has 1 aliphatic rings. The van der Waals surface area contributed by atoms with Crippen LogP contribution < -0.4 is 0 Å². The smallest absolute Gasteiger partial charge is 0.150 e.